The lowest BCUT2D eigenvalue weighted by Crippen LogP contribution is -2.43. The summed E-state index contributed by atoms with van der Waals surface area (Å²) in [5.41, 5.74) is 2.01. The van der Waals surface area contributed by atoms with E-state index in [9.17, 15) is 13.2 Å². The number of pyridine rings is 1. The normalized spacial score (nSPS) is 18.1. The largest absolute Gasteiger partial charge is 0.387 e. The molecular weight excluding hydrogens is 266 g/mol. The van der Waals surface area contributed by atoms with Crippen LogP contribution in [0.4, 0.5) is 5.69 Å². The van der Waals surface area contributed by atoms with E-state index in [0.29, 0.717) is 11.3 Å². The zero-order valence-electron chi connectivity index (χ0n) is 11.0. The Labute approximate surface area is 112 Å². The number of nitrogens with zero attached hydrogens (tertiary/aromatic N) is 2. The fourth-order valence-corrected chi connectivity index (χ4v) is 3.22. The zero-order chi connectivity index (χ0) is 14.0. The Kier molecular flexibility index (Phi) is 3.75. The first-order chi connectivity index (χ1) is 8.93. The van der Waals surface area contributed by atoms with Gasteiger partial charge in [-0.1, -0.05) is 0 Å². The summed E-state index contributed by atoms with van der Waals surface area (Å²) in [6.45, 7) is 2.35. The van der Waals surface area contributed by atoms with E-state index in [1.807, 2.05) is 6.92 Å². The molecule has 0 radical (unpaired) electrons. The first-order valence-electron chi connectivity index (χ1n) is 6.07. The molecule has 2 rings (SSSR count). The van der Waals surface area contributed by atoms with Crippen LogP contribution in [0.5, 0.6) is 0 Å². The van der Waals surface area contributed by atoms with Gasteiger partial charge in [0.15, 0.2) is 9.84 Å². The van der Waals surface area contributed by atoms with E-state index in [0.717, 1.165) is 5.69 Å². The highest BCUT2D eigenvalue weighted by Crippen LogP contribution is 2.18. The van der Waals surface area contributed by atoms with E-state index >= 15 is 0 Å². The standard InChI is InChI=1S/C12H17N3O3S/c1-9-7-11(13-2)10(8-14-9)12(16)15-3-5-19(17,18)6-4-15/h7-8H,3-6H2,1-2H3,(H,13,14). The van der Waals surface area contributed by atoms with Crippen LogP contribution in [0.15, 0.2) is 12.3 Å². The van der Waals surface area contributed by atoms with E-state index in [1.54, 1.807) is 18.0 Å². The molecule has 0 aromatic carbocycles. The average Bonchev–Trinajstić information content (AvgIpc) is 2.37. The van der Waals surface area contributed by atoms with Gasteiger partial charge in [0.1, 0.15) is 0 Å². The van der Waals surface area contributed by atoms with Crippen LogP contribution in [0, 0.1) is 6.92 Å². The minimum atomic E-state index is -2.98. The van der Waals surface area contributed by atoms with E-state index in [-0.39, 0.29) is 30.5 Å². The topological polar surface area (TPSA) is 79.4 Å². The number of carbonyl (C=O) groups is 1. The lowest BCUT2D eigenvalue weighted by Gasteiger charge is -2.27. The van der Waals surface area contributed by atoms with Gasteiger partial charge in [-0.25, -0.2) is 8.42 Å². The third kappa shape index (κ3) is 3.04. The highest BCUT2D eigenvalue weighted by Gasteiger charge is 2.27. The number of carbonyl (C=O) groups excluding carboxylic acids is 1. The second-order valence-corrected chi connectivity index (χ2v) is 6.87. The molecule has 0 spiro atoms. The minimum absolute atomic E-state index is 0.0346. The lowest BCUT2D eigenvalue weighted by atomic mass is 10.2. The molecule has 0 aliphatic carbocycles. The Morgan fingerprint density at radius 1 is 1.37 bits per heavy atom. The predicted molar refractivity (Wildman–Crippen MR) is 73.1 cm³/mol. The Bertz CT molecular complexity index is 584. The molecule has 1 saturated heterocycles. The van der Waals surface area contributed by atoms with Crippen molar-refractivity contribution in [3.05, 3.63) is 23.5 Å². The highest BCUT2D eigenvalue weighted by molar-refractivity contribution is 7.91. The summed E-state index contributed by atoms with van der Waals surface area (Å²) in [7, 11) is -1.24. The van der Waals surface area contributed by atoms with Crippen molar-refractivity contribution < 1.29 is 13.2 Å². The summed E-state index contributed by atoms with van der Waals surface area (Å²) in [6, 6.07) is 1.80. The SMILES string of the molecule is CNc1cc(C)ncc1C(=O)N1CCS(=O)(=O)CC1. The van der Waals surface area contributed by atoms with Crippen molar-refractivity contribution >= 4 is 21.4 Å². The molecule has 0 atom stereocenters. The molecule has 1 amide bonds. The van der Waals surface area contributed by atoms with Gasteiger partial charge in [0.05, 0.1) is 22.8 Å². The quantitative estimate of drug-likeness (QED) is 0.844. The van der Waals surface area contributed by atoms with Crippen LogP contribution >= 0.6 is 0 Å². The van der Waals surface area contributed by atoms with Gasteiger partial charge in [0, 0.05) is 32.0 Å². The lowest BCUT2D eigenvalue weighted by molar-refractivity contribution is 0.0771. The molecule has 104 valence electrons. The summed E-state index contributed by atoms with van der Waals surface area (Å²) < 4.78 is 22.7. The number of aromatic nitrogens is 1. The minimum Gasteiger partial charge on any atom is -0.387 e. The van der Waals surface area contributed by atoms with Crippen molar-refractivity contribution in [1.82, 2.24) is 9.88 Å². The van der Waals surface area contributed by atoms with Gasteiger partial charge in [-0.05, 0) is 13.0 Å². The van der Waals surface area contributed by atoms with Crippen molar-refractivity contribution in [2.75, 3.05) is 37.0 Å². The molecule has 0 saturated carbocycles. The third-order valence-corrected chi connectivity index (χ3v) is 4.78. The van der Waals surface area contributed by atoms with Gasteiger partial charge in [-0.2, -0.15) is 0 Å². The van der Waals surface area contributed by atoms with E-state index < -0.39 is 9.84 Å². The van der Waals surface area contributed by atoms with Crippen LogP contribution in [0.2, 0.25) is 0 Å². The van der Waals surface area contributed by atoms with Crippen LogP contribution in [-0.4, -0.2) is 55.9 Å². The van der Waals surface area contributed by atoms with Crippen LogP contribution in [0.3, 0.4) is 0 Å². The fourth-order valence-electron chi connectivity index (χ4n) is 2.02. The van der Waals surface area contributed by atoms with Gasteiger partial charge in [-0.3, -0.25) is 9.78 Å². The predicted octanol–water partition coefficient (Wildman–Crippen LogP) is 0.302. The second-order valence-electron chi connectivity index (χ2n) is 4.57. The first kappa shape index (κ1) is 13.8. The summed E-state index contributed by atoms with van der Waals surface area (Å²) >= 11 is 0. The Hall–Kier alpha value is -1.63. The number of rotatable bonds is 2. The van der Waals surface area contributed by atoms with Crippen molar-refractivity contribution in [2.45, 2.75) is 6.92 Å². The zero-order valence-corrected chi connectivity index (χ0v) is 11.8. The van der Waals surface area contributed by atoms with Gasteiger partial charge >= 0.3 is 0 Å². The third-order valence-electron chi connectivity index (χ3n) is 3.17. The summed E-state index contributed by atoms with van der Waals surface area (Å²) in [4.78, 5) is 18.0. The second kappa shape index (κ2) is 5.16. The van der Waals surface area contributed by atoms with Crippen molar-refractivity contribution in [3.63, 3.8) is 0 Å². The monoisotopic (exact) mass is 283 g/mol. The summed E-state index contributed by atoms with van der Waals surface area (Å²) in [6.07, 6.45) is 1.53. The molecule has 1 fully saturated rings. The molecule has 19 heavy (non-hydrogen) atoms. The Morgan fingerprint density at radius 2 is 2.00 bits per heavy atom. The van der Waals surface area contributed by atoms with Crippen LogP contribution in [-0.2, 0) is 9.84 Å². The van der Waals surface area contributed by atoms with Crippen molar-refractivity contribution in [2.24, 2.45) is 0 Å². The molecule has 1 aliphatic rings. The maximum atomic E-state index is 12.4. The molecule has 0 unspecified atom stereocenters. The number of aryl methyl sites for hydroxylation is 1. The molecule has 1 aliphatic heterocycles. The molecule has 1 aromatic rings. The van der Waals surface area contributed by atoms with Gasteiger partial charge in [-0.15, -0.1) is 0 Å². The first-order valence-corrected chi connectivity index (χ1v) is 7.89. The Balaban J connectivity index is 2.21. The fraction of sp³-hybridized carbons (Fsp3) is 0.500. The number of amides is 1. The molecule has 1 aromatic heterocycles. The summed E-state index contributed by atoms with van der Waals surface area (Å²) in [5.74, 6) is -0.105. The van der Waals surface area contributed by atoms with Gasteiger partial charge in [0.2, 0.25) is 0 Å². The maximum absolute atomic E-state index is 12.4. The number of hydrogen-bond acceptors (Lipinski definition) is 5. The number of anilines is 1. The van der Waals surface area contributed by atoms with Crippen molar-refractivity contribution in [3.8, 4) is 0 Å². The van der Waals surface area contributed by atoms with Crippen molar-refractivity contribution in [1.29, 1.82) is 0 Å². The molecule has 6 nitrogen and oxygen atoms in total. The highest BCUT2D eigenvalue weighted by atomic mass is 32.2. The number of hydrogen-bond donors (Lipinski definition) is 1. The smallest absolute Gasteiger partial charge is 0.257 e. The Morgan fingerprint density at radius 3 is 2.58 bits per heavy atom. The molecular formula is C12H17N3O3S. The summed E-state index contributed by atoms with van der Waals surface area (Å²) in [5, 5.41) is 2.97. The molecule has 1 N–H and O–H groups in total. The number of sulfone groups is 1. The number of nitrogens with one attached hydrogen (secondary N) is 1. The molecule has 7 heteroatoms. The van der Waals surface area contributed by atoms with E-state index in [2.05, 4.69) is 10.3 Å². The molecule has 2 heterocycles. The van der Waals surface area contributed by atoms with E-state index in [1.165, 1.54) is 6.20 Å². The maximum Gasteiger partial charge on any atom is 0.257 e. The molecule has 0 bridgehead atoms. The van der Waals surface area contributed by atoms with E-state index in [4.69, 9.17) is 0 Å². The van der Waals surface area contributed by atoms with Gasteiger partial charge < -0.3 is 10.2 Å². The van der Waals surface area contributed by atoms with Crippen LogP contribution < -0.4 is 5.32 Å². The average molecular weight is 283 g/mol. The van der Waals surface area contributed by atoms with Crippen LogP contribution in [0.25, 0.3) is 0 Å². The van der Waals surface area contributed by atoms with Crippen LogP contribution in [0.1, 0.15) is 16.1 Å². The van der Waals surface area contributed by atoms with Gasteiger partial charge in [0.25, 0.3) is 5.91 Å².